The second-order valence-corrected chi connectivity index (χ2v) is 7.50. The van der Waals surface area contributed by atoms with Crippen LogP contribution >= 0.6 is 0 Å². The number of ether oxygens (including phenoxy) is 1. The summed E-state index contributed by atoms with van der Waals surface area (Å²) in [5.41, 5.74) is 3.45. The highest BCUT2D eigenvalue weighted by atomic mass is 16.5. The number of nitrogens with zero attached hydrogens (tertiary/aromatic N) is 5. The van der Waals surface area contributed by atoms with Gasteiger partial charge in [0.1, 0.15) is 0 Å². The molecule has 7 nitrogen and oxygen atoms in total. The molecule has 0 saturated carbocycles. The van der Waals surface area contributed by atoms with Crippen molar-refractivity contribution in [3.05, 3.63) is 65.7 Å². The first-order valence-electron chi connectivity index (χ1n) is 9.92. The van der Waals surface area contributed by atoms with E-state index in [0.29, 0.717) is 24.7 Å². The summed E-state index contributed by atoms with van der Waals surface area (Å²) in [4.78, 5) is 23.4. The molecule has 0 spiro atoms. The fraction of sp³-hybridized carbons (Fsp3) is 0.364. The normalized spacial score (nSPS) is 16.6. The van der Waals surface area contributed by atoms with Crippen molar-refractivity contribution in [2.45, 2.75) is 26.7 Å². The molecule has 3 heterocycles. The largest absolute Gasteiger partial charge is 0.463 e. The molecule has 2 aromatic heterocycles. The van der Waals surface area contributed by atoms with Crippen LogP contribution in [0.2, 0.25) is 0 Å². The standard InChI is InChI=1S/C22H25N5O2/c1-16-11-23-22(24-12-16)29-15-18-7-6-10-26(14-18)21(28)20-13-25-27(17(20)2)19-8-4-3-5-9-19/h3-5,8-9,11-13,18H,6-7,10,14-15H2,1-2H3. The van der Waals surface area contributed by atoms with Crippen LogP contribution in [0.4, 0.5) is 0 Å². The van der Waals surface area contributed by atoms with E-state index < -0.39 is 0 Å². The van der Waals surface area contributed by atoms with E-state index in [1.807, 2.05) is 53.8 Å². The lowest BCUT2D eigenvalue weighted by Gasteiger charge is -2.32. The number of hydrogen-bond donors (Lipinski definition) is 0. The van der Waals surface area contributed by atoms with Crippen molar-refractivity contribution < 1.29 is 9.53 Å². The van der Waals surface area contributed by atoms with E-state index in [-0.39, 0.29) is 11.8 Å². The van der Waals surface area contributed by atoms with Gasteiger partial charge in [-0.2, -0.15) is 5.10 Å². The van der Waals surface area contributed by atoms with Crippen molar-refractivity contribution in [1.29, 1.82) is 0 Å². The predicted octanol–water partition coefficient (Wildman–Crippen LogP) is 3.21. The van der Waals surface area contributed by atoms with E-state index in [1.165, 1.54) is 0 Å². The number of amides is 1. The van der Waals surface area contributed by atoms with Crippen molar-refractivity contribution in [2.75, 3.05) is 19.7 Å². The molecule has 0 aliphatic carbocycles. The number of piperidine rings is 1. The second kappa shape index (κ2) is 8.43. The number of carbonyl (C=O) groups excluding carboxylic acids is 1. The fourth-order valence-corrected chi connectivity index (χ4v) is 3.65. The van der Waals surface area contributed by atoms with Gasteiger partial charge in [-0.1, -0.05) is 18.2 Å². The highest BCUT2D eigenvalue weighted by molar-refractivity contribution is 5.95. The maximum absolute atomic E-state index is 13.1. The zero-order valence-corrected chi connectivity index (χ0v) is 16.8. The number of likely N-dealkylation sites (tertiary alicyclic amines) is 1. The predicted molar refractivity (Wildman–Crippen MR) is 109 cm³/mol. The van der Waals surface area contributed by atoms with E-state index in [9.17, 15) is 4.79 Å². The lowest BCUT2D eigenvalue weighted by atomic mass is 9.98. The molecule has 0 radical (unpaired) electrons. The van der Waals surface area contributed by atoms with Gasteiger partial charge >= 0.3 is 6.01 Å². The zero-order valence-electron chi connectivity index (χ0n) is 16.8. The van der Waals surface area contributed by atoms with Gasteiger partial charge in [-0.25, -0.2) is 14.6 Å². The van der Waals surface area contributed by atoms with Crippen molar-refractivity contribution >= 4 is 5.91 Å². The second-order valence-electron chi connectivity index (χ2n) is 7.50. The molecule has 1 aromatic carbocycles. The molecule has 1 fully saturated rings. The zero-order chi connectivity index (χ0) is 20.2. The van der Waals surface area contributed by atoms with Gasteiger partial charge in [-0.3, -0.25) is 4.79 Å². The van der Waals surface area contributed by atoms with Gasteiger partial charge in [0, 0.05) is 31.4 Å². The van der Waals surface area contributed by atoms with E-state index in [0.717, 1.165) is 36.3 Å². The Kier molecular flexibility index (Phi) is 5.55. The molecule has 150 valence electrons. The molecule has 1 aliphatic rings. The Morgan fingerprint density at radius 1 is 1.14 bits per heavy atom. The smallest absolute Gasteiger partial charge is 0.316 e. The Balaban J connectivity index is 1.41. The van der Waals surface area contributed by atoms with Crippen LogP contribution in [0.3, 0.4) is 0 Å². The summed E-state index contributed by atoms with van der Waals surface area (Å²) in [5.74, 6) is 0.294. The maximum atomic E-state index is 13.1. The van der Waals surface area contributed by atoms with Crippen LogP contribution in [0.5, 0.6) is 6.01 Å². The van der Waals surface area contributed by atoms with Gasteiger partial charge in [0.2, 0.25) is 0 Å². The highest BCUT2D eigenvalue weighted by Crippen LogP contribution is 2.22. The van der Waals surface area contributed by atoms with Crippen LogP contribution in [-0.2, 0) is 0 Å². The third kappa shape index (κ3) is 4.29. The van der Waals surface area contributed by atoms with E-state index >= 15 is 0 Å². The topological polar surface area (TPSA) is 73.1 Å². The molecule has 29 heavy (non-hydrogen) atoms. The number of benzene rings is 1. The number of para-hydroxylation sites is 1. The third-order valence-corrected chi connectivity index (χ3v) is 5.25. The highest BCUT2D eigenvalue weighted by Gasteiger charge is 2.27. The Bertz CT molecular complexity index is 969. The molecular formula is C22H25N5O2. The van der Waals surface area contributed by atoms with Crippen molar-refractivity contribution in [1.82, 2.24) is 24.6 Å². The van der Waals surface area contributed by atoms with Crippen LogP contribution in [0.25, 0.3) is 5.69 Å². The van der Waals surface area contributed by atoms with Crippen LogP contribution < -0.4 is 4.74 Å². The quantitative estimate of drug-likeness (QED) is 0.668. The Morgan fingerprint density at radius 3 is 2.66 bits per heavy atom. The molecule has 1 saturated heterocycles. The van der Waals surface area contributed by atoms with Crippen LogP contribution in [0.1, 0.15) is 34.5 Å². The summed E-state index contributed by atoms with van der Waals surface area (Å²) in [7, 11) is 0. The minimum absolute atomic E-state index is 0.0287. The van der Waals surface area contributed by atoms with Gasteiger partial charge in [0.15, 0.2) is 0 Å². The molecule has 1 aliphatic heterocycles. The first-order valence-corrected chi connectivity index (χ1v) is 9.92. The van der Waals surface area contributed by atoms with Crippen molar-refractivity contribution in [2.24, 2.45) is 5.92 Å². The number of carbonyl (C=O) groups is 1. The number of hydrogen-bond acceptors (Lipinski definition) is 5. The lowest BCUT2D eigenvalue weighted by molar-refractivity contribution is 0.0628. The lowest BCUT2D eigenvalue weighted by Crippen LogP contribution is -2.41. The van der Waals surface area contributed by atoms with Gasteiger partial charge in [0.25, 0.3) is 5.91 Å². The third-order valence-electron chi connectivity index (χ3n) is 5.25. The maximum Gasteiger partial charge on any atom is 0.316 e. The molecule has 1 amide bonds. The molecule has 0 bridgehead atoms. The minimum Gasteiger partial charge on any atom is -0.463 e. The van der Waals surface area contributed by atoms with Crippen LogP contribution in [0, 0.1) is 19.8 Å². The molecule has 4 rings (SSSR count). The Hall–Kier alpha value is -3.22. The Labute approximate surface area is 170 Å². The van der Waals surface area contributed by atoms with Gasteiger partial charge in [-0.05, 0) is 44.4 Å². The van der Waals surface area contributed by atoms with Gasteiger partial charge in [-0.15, -0.1) is 0 Å². The minimum atomic E-state index is 0.0287. The molecule has 7 heteroatoms. The first kappa shape index (κ1) is 19.1. The van der Waals surface area contributed by atoms with Gasteiger partial charge in [0.05, 0.1) is 29.7 Å². The summed E-state index contributed by atoms with van der Waals surface area (Å²) in [6, 6.07) is 10.2. The molecule has 1 unspecified atom stereocenters. The van der Waals surface area contributed by atoms with E-state index in [1.54, 1.807) is 18.6 Å². The summed E-state index contributed by atoms with van der Waals surface area (Å²) in [6.07, 6.45) is 7.14. The van der Waals surface area contributed by atoms with Crippen molar-refractivity contribution in [3.63, 3.8) is 0 Å². The fourth-order valence-electron chi connectivity index (χ4n) is 3.65. The molecule has 3 aromatic rings. The Morgan fingerprint density at radius 2 is 1.90 bits per heavy atom. The SMILES string of the molecule is Cc1cnc(OCC2CCCN(C(=O)c3cnn(-c4ccccc4)c3C)C2)nc1. The van der Waals surface area contributed by atoms with E-state index in [4.69, 9.17) is 4.74 Å². The average molecular weight is 391 g/mol. The number of aryl methyl sites for hydroxylation is 1. The first-order chi connectivity index (χ1) is 14.1. The molecule has 0 N–H and O–H groups in total. The average Bonchev–Trinajstić information content (AvgIpc) is 3.15. The van der Waals surface area contributed by atoms with Crippen LogP contribution in [-0.4, -0.2) is 50.3 Å². The summed E-state index contributed by atoms with van der Waals surface area (Å²) in [6.45, 7) is 5.81. The van der Waals surface area contributed by atoms with Gasteiger partial charge < -0.3 is 9.64 Å². The molecule has 1 atom stereocenters. The summed E-state index contributed by atoms with van der Waals surface area (Å²) in [5, 5.41) is 4.43. The number of aromatic nitrogens is 4. The van der Waals surface area contributed by atoms with E-state index in [2.05, 4.69) is 15.1 Å². The molecular weight excluding hydrogens is 366 g/mol. The van der Waals surface area contributed by atoms with Crippen molar-refractivity contribution in [3.8, 4) is 11.7 Å². The summed E-state index contributed by atoms with van der Waals surface area (Å²) < 4.78 is 7.56. The monoisotopic (exact) mass is 391 g/mol. The number of rotatable bonds is 5. The van der Waals surface area contributed by atoms with Crippen LogP contribution in [0.15, 0.2) is 48.9 Å². The summed E-state index contributed by atoms with van der Waals surface area (Å²) >= 11 is 0.